The Kier molecular flexibility index (Phi) is 5.47. The number of nitrogens with one attached hydrogen (secondary N) is 1. The summed E-state index contributed by atoms with van der Waals surface area (Å²) in [4.78, 5) is 20.9. The van der Waals surface area contributed by atoms with E-state index in [9.17, 15) is 13.2 Å². The van der Waals surface area contributed by atoms with Gasteiger partial charge in [-0.2, -0.15) is 9.50 Å². The number of rotatable bonds is 7. The van der Waals surface area contributed by atoms with Crippen molar-refractivity contribution in [1.29, 1.82) is 0 Å². The van der Waals surface area contributed by atoms with Gasteiger partial charge in [0.1, 0.15) is 11.6 Å². The van der Waals surface area contributed by atoms with E-state index in [1.165, 1.54) is 27.0 Å². The first-order valence-electron chi connectivity index (χ1n) is 9.65. The molecule has 0 aliphatic rings. The Labute approximate surface area is 179 Å². The van der Waals surface area contributed by atoms with E-state index in [4.69, 9.17) is 4.74 Å². The molecule has 0 saturated heterocycles. The lowest BCUT2D eigenvalue weighted by molar-refractivity contribution is 0.341. The number of benzene rings is 2. The molecule has 0 unspecified atom stereocenters. The number of para-hydroxylation sites is 2. The fourth-order valence-corrected chi connectivity index (χ4v) is 4.66. The number of H-pyrrole nitrogens is 1. The van der Waals surface area contributed by atoms with Gasteiger partial charge in [0.05, 0.1) is 23.7 Å². The van der Waals surface area contributed by atoms with Crippen LogP contribution >= 0.6 is 0 Å². The van der Waals surface area contributed by atoms with Crippen molar-refractivity contribution in [3.05, 3.63) is 82.5 Å². The third kappa shape index (κ3) is 4.02. The normalized spacial score (nSPS) is 11.5. The van der Waals surface area contributed by atoms with Crippen molar-refractivity contribution in [3.63, 3.8) is 0 Å². The molecule has 0 saturated carbocycles. The van der Waals surface area contributed by atoms with Crippen molar-refractivity contribution in [3.8, 4) is 5.75 Å². The molecular formula is C21H21N5O4S. The van der Waals surface area contributed by atoms with Crippen molar-refractivity contribution in [2.24, 2.45) is 0 Å². The van der Waals surface area contributed by atoms with E-state index in [-0.39, 0.29) is 28.6 Å². The zero-order chi connectivity index (χ0) is 22.0. The Hall–Kier alpha value is -3.66. The summed E-state index contributed by atoms with van der Waals surface area (Å²) in [5.74, 6) is 0.864. The lowest BCUT2D eigenvalue weighted by Crippen LogP contribution is -2.31. The molecule has 31 heavy (non-hydrogen) atoms. The predicted molar refractivity (Wildman–Crippen MR) is 116 cm³/mol. The van der Waals surface area contributed by atoms with Gasteiger partial charge in [0.2, 0.25) is 0 Å². The SMILES string of the molecule is CCOc1ccccc1N(Cc1nc2nc(C)cc(=O)n2[nH]1)S(=O)(=O)c1ccccc1. The van der Waals surface area contributed by atoms with Crippen molar-refractivity contribution in [2.45, 2.75) is 25.3 Å². The second kappa shape index (κ2) is 8.23. The first-order valence-corrected chi connectivity index (χ1v) is 11.1. The van der Waals surface area contributed by atoms with E-state index < -0.39 is 10.0 Å². The van der Waals surface area contributed by atoms with Gasteiger partial charge in [-0.1, -0.05) is 30.3 Å². The molecule has 160 valence electrons. The summed E-state index contributed by atoms with van der Waals surface area (Å²) in [6.45, 7) is 3.75. The molecule has 4 rings (SSSR count). The molecule has 0 bridgehead atoms. The quantitative estimate of drug-likeness (QED) is 0.474. The van der Waals surface area contributed by atoms with Crippen LogP contribution in [-0.2, 0) is 16.6 Å². The first-order chi connectivity index (χ1) is 14.9. The number of nitrogens with zero attached hydrogens (tertiary/aromatic N) is 4. The number of hydrogen-bond acceptors (Lipinski definition) is 6. The molecule has 0 spiro atoms. The fourth-order valence-electron chi connectivity index (χ4n) is 3.20. The van der Waals surface area contributed by atoms with E-state index in [1.807, 2.05) is 6.92 Å². The molecule has 9 nitrogen and oxygen atoms in total. The maximum atomic E-state index is 13.6. The standard InChI is InChI=1S/C21H21N5O4S/c1-3-30-18-12-8-7-11-17(18)25(31(28,29)16-9-5-4-6-10-16)14-19-23-21-22-15(2)13-20(27)26(21)24-19/h4-13H,3,14H2,1-2H3,(H,22,23,24). The van der Waals surface area contributed by atoms with Crippen molar-refractivity contribution in [2.75, 3.05) is 10.9 Å². The number of sulfonamides is 1. The van der Waals surface area contributed by atoms with E-state index in [2.05, 4.69) is 15.1 Å². The Balaban J connectivity index is 1.86. The van der Waals surface area contributed by atoms with Crippen LogP contribution < -0.4 is 14.6 Å². The van der Waals surface area contributed by atoms with Crippen LogP contribution in [0.2, 0.25) is 0 Å². The highest BCUT2D eigenvalue weighted by molar-refractivity contribution is 7.92. The van der Waals surface area contributed by atoms with Crippen LogP contribution in [-0.4, -0.2) is 34.6 Å². The van der Waals surface area contributed by atoms with Gasteiger partial charge in [-0.05, 0) is 38.1 Å². The molecule has 0 atom stereocenters. The Morgan fingerprint density at radius 3 is 2.52 bits per heavy atom. The van der Waals surface area contributed by atoms with Crippen LogP contribution in [0.25, 0.3) is 5.78 Å². The topological polar surface area (TPSA) is 110 Å². The largest absolute Gasteiger partial charge is 0.492 e. The molecule has 1 N–H and O–H groups in total. The number of aryl methyl sites for hydroxylation is 1. The zero-order valence-corrected chi connectivity index (χ0v) is 17.8. The van der Waals surface area contributed by atoms with Crippen LogP contribution in [0.3, 0.4) is 0 Å². The summed E-state index contributed by atoms with van der Waals surface area (Å²) in [5, 5.41) is 2.85. The number of aromatic nitrogens is 4. The van der Waals surface area contributed by atoms with E-state index in [0.29, 0.717) is 23.7 Å². The summed E-state index contributed by atoms with van der Waals surface area (Å²) in [6, 6.07) is 16.4. The number of fused-ring (bicyclic) bond motifs is 1. The predicted octanol–water partition coefficient (Wildman–Crippen LogP) is 2.52. The molecule has 0 amide bonds. The summed E-state index contributed by atoms with van der Waals surface area (Å²) < 4.78 is 35.2. The highest BCUT2D eigenvalue weighted by Crippen LogP contribution is 2.33. The highest BCUT2D eigenvalue weighted by atomic mass is 32.2. The van der Waals surface area contributed by atoms with Gasteiger partial charge >= 0.3 is 0 Å². The third-order valence-electron chi connectivity index (χ3n) is 4.56. The number of hydrogen-bond donors (Lipinski definition) is 1. The number of ether oxygens (including phenoxy) is 1. The van der Waals surface area contributed by atoms with Gasteiger partial charge in [-0.15, -0.1) is 0 Å². The molecule has 2 aromatic heterocycles. The lowest BCUT2D eigenvalue weighted by atomic mass is 10.3. The van der Waals surface area contributed by atoms with Crippen molar-refractivity contribution >= 4 is 21.5 Å². The third-order valence-corrected chi connectivity index (χ3v) is 6.34. The average Bonchev–Trinajstić information content (AvgIpc) is 3.16. The van der Waals surface area contributed by atoms with Gasteiger partial charge in [0.15, 0.2) is 0 Å². The van der Waals surface area contributed by atoms with Gasteiger partial charge in [0.25, 0.3) is 21.4 Å². The van der Waals surface area contributed by atoms with Gasteiger partial charge < -0.3 is 4.74 Å². The minimum atomic E-state index is -3.96. The second-order valence-electron chi connectivity index (χ2n) is 6.77. The summed E-state index contributed by atoms with van der Waals surface area (Å²) in [6.07, 6.45) is 0. The summed E-state index contributed by atoms with van der Waals surface area (Å²) in [5.41, 5.74) is 0.567. The second-order valence-corrected chi connectivity index (χ2v) is 8.63. The van der Waals surface area contributed by atoms with E-state index >= 15 is 0 Å². The molecule has 2 heterocycles. The monoisotopic (exact) mass is 439 g/mol. The lowest BCUT2D eigenvalue weighted by Gasteiger charge is -2.25. The van der Waals surface area contributed by atoms with E-state index in [1.54, 1.807) is 49.4 Å². The highest BCUT2D eigenvalue weighted by Gasteiger charge is 2.28. The van der Waals surface area contributed by atoms with Crippen LogP contribution in [0.1, 0.15) is 18.4 Å². The van der Waals surface area contributed by atoms with Crippen molar-refractivity contribution < 1.29 is 13.2 Å². The Morgan fingerprint density at radius 1 is 1.06 bits per heavy atom. The molecule has 0 fully saturated rings. The minimum absolute atomic E-state index is 0.128. The molecular weight excluding hydrogens is 418 g/mol. The molecule has 2 aromatic carbocycles. The maximum Gasteiger partial charge on any atom is 0.274 e. The number of anilines is 1. The molecule has 0 aliphatic carbocycles. The average molecular weight is 439 g/mol. The molecule has 4 aromatic rings. The number of aromatic amines is 1. The Morgan fingerprint density at radius 2 is 1.77 bits per heavy atom. The summed E-state index contributed by atoms with van der Waals surface area (Å²) in [7, 11) is -3.96. The fraction of sp³-hybridized carbons (Fsp3) is 0.190. The van der Waals surface area contributed by atoms with Gasteiger partial charge in [-0.25, -0.2) is 13.4 Å². The summed E-state index contributed by atoms with van der Waals surface area (Å²) >= 11 is 0. The molecule has 0 radical (unpaired) electrons. The molecule has 0 aliphatic heterocycles. The minimum Gasteiger partial charge on any atom is -0.492 e. The first kappa shape index (κ1) is 20.6. The smallest absolute Gasteiger partial charge is 0.274 e. The van der Waals surface area contributed by atoms with Gasteiger partial charge in [-0.3, -0.25) is 14.2 Å². The molecule has 10 heteroatoms. The van der Waals surface area contributed by atoms with E-state index in [0.717, 1.165) is 0 Å². The van der Waals surface area contributed by atoms with Crippen LogP contribution in [0.4, 0.5) is 5.69 Å². The van der Waals surface area contributed by atoms with Gasteiger partial charge in [0, 0.05) is 11.8 Å². The van der Waals surface area contributed by atoms with Crippen LogP contribution in [0.15, 0.2) is 70.4 Å². The maximum absolute atomic E-state index is 13.6. The zero-order valence-electron chi connectivity index (χ0n) is 17.0. The van der Waals surface area contributed by atoms with Crippen LogP contribution in [0.5, 0.6) is 5.75 Å². The van der Waals surface area contributed by atoms with Crippen molar-refractivity contribution in [1.82, 2.24) is 19.6 Å². The Bertz CT molecular complexity index is 1380. The van der Waals surface area contributed by atoms with Crippen LogP contribution in [0, 0.1) is 6.92 Å².